The molecular formula is C21H25NO3. The van der Waals surface area contributed by atoms with Crippen LogP contribution in [0.15, 0.2) is 48.5 Å². The maximum atomic E-state index is 12.4. The fourth-order valence-electron chi connectivity index (χ4n) is 3.06. The molecule has 1 atom stereocenters. The van der Waals surface area contributed by atoms with E-state index in [0.29, 0.717) is 18.8 Å². The van der Waals surface area contributed by atoms with Crippen LogP contribution in [-0.2, 0) is 11.2 Å². The summed E-state index contributed by atoms with van der Waals surface area (Å²) < 4.78 is 10.7. The molecule has 0 bridgehead atoms. The van der Waals surface area contributed by atoms with Crippen LogP contribution in [0.25, 0.3) is 0 Å². The number of carbonyl (C=O) groups excluding carboxylic acids is 1. The minimum absolute atomic E-state index is 0.0606. The van der Waals surface area contributed by atoms with Crippen LogP contribution in [0, 0.1) is 5.92 Å². The van der Waals surface area contributed by atoms with Gasteiger partial charge in [-0.3, -0.25) is 4.79 Å². The van der Waals surface area contributed by atoms with Gasteiger partial charge in [0.1, 0.15) is 0 Å². The number of ether oxygens (including phenoxy) is 2. The van der Waals surface area contributed by atoms with Crippen molar-refractivity contribution in [3.63, 3.8) is 0 Å². The molecule has 1 aliphatic heterocycles. The van der Waals surface area contributed by atoms with E-state index in [1.165, 1.54) is 0 Å². The van der Waals surface area contributed by atoms with Crippen LogP contribution in [0.2, 0.25) is 0 Å². The summed E-state index contributed by atoms with van der Waals surface area (Å²) in [6.07, 6.45) is 2.08. The fourth-order valence-corrected chi connectivity index (χ4v) is 3.06. The predicted octanol–water partition coefficient (Wildman–Crippen LogP) is 4.25. The number of amides is 1. The lowest BCUT2D eigenvalue weighted by Crippen LogP contribution is -2.29. The Bertz CT molecular complexity index is 712. The lowest BCUT2D eigenvalue weighted by Gasteiger charge is -2.21. The van der Waals surface area contributed by atoms with Gasteiger partial charge in [-0.05, 0) is 42.0 Å². The molecule has 4 heteroatoms. The summed E-state index contributed by atoms with van der Waals surface area (Å²) in [6.45, 7) is 4.62. The molecule has 132 valence electrons. The van der Waals surface area contributed by atoms with Crippen LogP contribution < -0.4 is 14.8 Å². The molecule has 1 aliphatic rings. The molecule has 0 spiro atoms. The second-order valence-electron chi connectivity index (χ2n) is 6.85. The highest BCUT2D eigenvalue weighted by atomic mass is 16.7. The van der Waals surface area contributed by atoms with E-state index < -0.39 is 0 Å². The van der Waals surface area contributed by atoms with Crippen LogP contribution in [-0.4, -0.2) is 12.7 Å². The van der Waals surface area contributed by atoms with E-state index in [1.54, 1.807) is 0 Å². The van der Waals surface area contributed by atoms with Gasteiger partial charge >= 0.3 is 0 Å². The first-order chi connectivity index (χ1) is 12.1. The first-order valence-electron chi connectivity index (χ1n) is 8.84. The quantitative estimate of drug-likeness (QED) is 0.820. The lowest BCUT2D eigenvalue weighted by molar-refractivity contribution is -0.121. The Morgan fingerprint density at radius 3 is 2.60 bits per heavy atom. The molecule has 3 rings (SSSR count). The van der Waals surface area contributed by atoms with Crippen molar-refractivity contribution < 1.29 is 14.3 Å². The maximum absolute atomic E-state index is 12.4. The van der Waals surface area contributed by atoms with Crippen LogP contribution in [0.3, 0.4) is 0 Å². The van der Waals surface area contributed by atoms with Gasteiger partial charge in [0.05, 0.1) is 6.04 Å². The molecular weight excluding hydrogens is 314 g/mol. The molecule has 0 aliphatic carbocycles. The van der Waals surface area contributed by atoms with E-state index in [1.807, 2.05) is 36.4 Å². The number of benzene rings is 2. The molecule has 1 N–H and O–H groups in total. The molecule has 0 aromatic heterocycles. The zero-order chi connectivity index (χ0) is 17.6. The first kappa shape index (κ1) is 17.3. The molecule has 1 heterocycles. The zero-order valence-electron chi connectivity index (χ0n) is 14.8. The van der Waals surface area contributed by atoms with Crippen LogP contribution in [0.5, 0.6) is 11.5 Å². The van der Waals surface area contributed by atoms with Crippen molar-refractivity contribution in [2.24, 2.45) is 5.92 Å². The Hall–Kier alpha value is -2.49. The van der Waals surface area contributed by atoms with E-state index in [-0.39, 0.29) is 18.7 Å². The first-order valence-corrected chi connectivity index (χ1v) is 8.84. The van der Waals surface area contributed by atoms with Crippen LogP contribution in [0.4, 0.5) is 0 Å². The monoisotopic (exact) mass is 339 g/mol. The van der Waals surface area contributed by atoms with Crippen molar-refractivity contribution in [1.82, 2.24) is 5.32 Å². The summed E-state index contributed by atoms with van der Waals surface area (Å²) in [5.41, 5.74) is 2.24. The van der Waals surface area contributed by atoms with Gasteiger partial charge in [0.25, 0.3) is 0 Å². The number of nitrogens with one attached hydrogen (secondary N) is 1. The molecule has 4 nitrogen and oxygen atoms in total. The molecule has 0 fully saturated rings. The van der Waals surface area contributed by atoms with Crippen molar-refractivity contribution in [1.29, 1.82) is 0 Å². The Morgan fingerprint density at radius 2 is 1.84 bits per heavy atom. The average molecular weight is 339 g/mol. The summed E-state index contributed by atoms with van der Waals surface area (Å²) in [5.74, 6) is 2.13. The molecule has 25 heavy (non-hydrogen) atoms. The second-order valence-corrected chi connectivity index (χ2v) is 6.85. The normalized spacial score (nSPS) is 13.7. The van der Waals surface area contributed by atoms with Crippen LogP contribution >= 0.6 is 0 Å². The van der Waals surface area contributed by atoms with Crippen molar-refractivity contribution >= 4 is 5.91 Å². The minimum atomic E-state index is 0.0606. The van der Waals surface area contributed by atoms with Crippen molar-refractivity contribution in [2.75, 3.05) is 6.79 Å². The topological polar surface area (TPSA) is 47.6 Å². The third-order valence-electron chi connectivity index (χ3n) is 4.32. The second kappa shape index (κ2) is 8.06. The summed E-state index contributed by atoms with van der Waals surface area (Å²) in [7, 11) is 0. The van der Waals surface area contributed by atoms with Gasteiger partial charge in [0.2, 0.25) is 12.7 Å². The predicted molar refractivity (Wildman–Crippen MR) is 97.7 cm³/mol. The highest BCUT2D eigenvalue weighted by Crippen LogP contribution is 2.32. The van der Waals surface area contributed by atoms with E-state index in [0.717, 1.165) is 29.0 Å². The van der Waals surface area contributed by atoms with Crippen molar-refractivity contribution in [3.8, 4) is 11.5 Å². The number of hydrogen-bond donors (Lipinski definition) is 1. The summed E-state index contributed by atoms with van der Waals surface area (Å²) in [5, 5.41) is 3.19. The Morgan fingerprint density at radius 1 is 1.08 bits per heavy atom. The maximum Gasteiger partial charge on any atom is 0.231 e. The SMILES string of the molecule is CC(C)C[C@H](NC(=O)CCc1ccc2c(c1)OCO2)c1ccccc1. The van der Waals surface area contributed by atoms with Gasteiger partial charge in [-0.15, -0.1) is 0 Å². The number of aryl methyl sites for hydroxylation is 1. The smallest absolute Gasteiger partial charge is 0.231 e. The highest BCUT2D eigenvalue weighted by Gasteiger charge is 2.17. The van der Waals surface area contributed by atoms with Gasteiger partial charge in [0.15, 0.2) is 11.5 Å². The standard InChI is InChI=1S/C21H25NO3/c1-15(2)12-18(17-6-4-3-5-7-17)22-21(23)11-9-16-8-10-19-20(13-16)25-14-24-19/h3-8,10,13,15,18H,9,11-12,14H2,1-2H3,(H,22,23)/t18-/m0/s1. The lowest BCUT2D eigenvalue weighted by atomic mass is 9.96. The Balaban J connectivity index is 1.58. The largest absolute Gasteiger partial charge is 0.454 e. The number of rotatable bonds is 7. The number of hydrogen-bond acceptors (Lipinski definition) is 3. The number of carbonyl (C=O) groups is 1. The van der Waals surface area contributed by atoms with Crippen molar-refractivity contribution in [2.45, 2.75) is 39.2 Å². The van der Waals surface area contributed by atoms with Gasteiger partial charge in [-0.1, -0.05) is 50.2 Å². The highest BCUT2D eigenvalue weighted by molar-refractivity contribution is 5.76. The molecule has 0 saturated carbocycles. The Labute approximate surface area is 149 Å². The van der Waals surface area contributed by atoms with Gasteiger partial charge in [-0.25, -0.2) is 0 Å². The van der Waals surface area contributed by atoms with E-state index in [4.69, 9.17) is 9.47 Å². The number of fused-ring (bicyclic) bond motifs is 1. The van der Waals surface area contributed by atoms with Crippen LogP contribution in [0.1, 0.15) is 43.9 Å². The third-order valence-corrected chi connectivity index (χ3v) is 4.32. The van der Waals surface area contributed by atoms with Gasteiger partial charge < -0.3 is 14.8 Å². The van der Waals surface area contributed by atoms with Crippen molar-refractivity contribution in [3.05, 3.63) is 59.7 Å². The fraction of sp³-hybridized carbons (Fsp3) is 0.381. The molecule has 2 aromatic rings. The summed E-state index contributed by atoms with van der Waals surface area (Å²) in [4.78, 5) is 12.4. The summed E-state index contributed by atoms with van der Waals surface area (Å²) in [6, 6.07) is 16.1. The molecule has 0 radical (unpaired) electrons. The Kier molecular flexibility index (Phi) is 5.59. The third kappa shape index (κ3) is 4.75. The molecule has 0 saturated heterocycles. The zero-order valence-corrected chi connectivity index (χ0v) is 14.8. The molecule has 0 unspecified atom stereocenters. The van der Waals surface area contributed by atoms with E-state index >= 15 is 0 Å². The summed E-state index contributed by atoms with van der Waals surface area (Å²) >= 11 is 0. The molecule has 1 amide bonds. The van der Waals surface area contributed by atoms with Gasteiger partial charge in [0, 0.05) is 6.42 Å². The minimum Gasteiger partial charge on any atom is -0.454 e. The van der Waals surface area contributed by atoms with E-state index in [2.05, 4.69) is 31.3 Å². The van der Waals surface area contributed by atoms with E-state index in [9.17, 15) is 4.79 Å². The van der Waals surface area contributed by atoms with Gasteiger partial charge in [-0.2, -0.15) is 0 Å². The molecule has 2 aromatic carbocycles. The average Bonchev–Trinajstić information content (AvgIpc) is 3.07.